The lowest BCUT2D eigenvalue weighted by atomic mass is 10.1. The molecule has 2 aromatic heterocycles. The standard InChI is InChI=1S/C19H22N4O2S/c1-13-9-15(14(2)23(13)12-17-5-4-7-25-17)10-16(11-20)18(24)21-19-22(3)6-8-26-19/h6,8-10,17H,4-5,7,12H2,1-3H3/b16-10-,21-19?. The van der Waals surface area contributed by atoms with Crippen molar-refractivity contribution in [3.05, 3.63) is 45.0 Å². The van der Waals surface area contributed by atoms with Gasteiger partial charge in [0.1, 0.15) is 11.6 Å². The van der Waals surface area contributed by atoms with E-state index in [1.54, 1.807) is 10.6 Å². The molecule has 1 atom stereocenters. The van der Waals surface area contributed by atoms with Crippen molar-refractivity contribution in [2.45, 2.75) is 39.3 Å². The van der Waals surface area contributed by atoms with Gasteiger partial charge in [0.25, 0.3) is 5.91 Å². The highest BCUT2D eigenvalue weighted by molar-refractivity contribution is 7.07. The first-order valence-electron chi connectivity index (χ1n) is 8.59. The van der Waals surface area contributed by atoms with Gasteiger partial charge in [-0.05, 0) is 44.4 Å². The van der Waals surface area contributed by atoms with Gasteiger partial charge in [0.2, 0.25) is 0 Å². The first kappa shape index (κ1) is 18.4. The molecule has 3 rings (SSSR count). The smallest absolute Gasteiger partial charge is 0.290 e. The van der Waals surface area contributed by atoms with Crippen LogP contribution < -0.4 is 4.80 Å². The second-order valence-corrected chi connectivity index (χ2v) is 7.33. The van der Waals surface area contributed by atoms with E-state index in [2.05, 4.69) is 9.56 Å². The molecule has 1 aliphatic heterocycles. The molecular weight excluding hydrogens is 348 g/mol. The minimum absolute atomic E-state index is 0.0377. The summed E-state index contributed by atoms with van der Waals surface area (Å²) in [6.07, 6.45) is 5.87. The van der Waals surface area contributed by atoms with E-state index in [0.29, 0.717) is 4.80 Å². The summed E-state index contributed by atoms with van der Waals surface area (Å²) in [5.74, 6) is -0.519. The van der Waals surface area contributed by atoms with E-state index in [0.717, 1.165) is 42.9 Å². The average molecular weight is 370 g/mol. The van der Waals surface area contributed by atoms with E-state index in [1.807, 2.05) is 44.6 Å². The van der Waals surface area contributed by atoms with Crippen LogP contribution in [-0.4, -0.2) is 27.8 Å². The molecule has 1 amide bonds. The van der Waals surface area contributed by atoms with E-state index in [9.17, 15) is 10.1 Å². The molecule has 1 fully saturated rings. The largest absolute Gasteiger partial charge is 0.376 e. The van der Waals surface area contributed by atoms with Crippen LogP contribution in [0.25, 0.3) is 6.08 Å². The number of aromatic nitrogens is 2. The van der Waals surface area contributed by atoms with Crippen LogP contribution >= 0.6 is 11.3 Å². The maximum Gasteiger partial charge on any atom is 0.290 e. The number of thiazole rings is 1. The van der Waals surface area contributed by atoms with E-state index in [-0.39, 0.29) is 11.7 Å². The van der Waals surface area contributed by atoms with Gasteiger partial charge < -0.3 is 13.9 Å². The lowest BCUT2D eigenvalue weighted by Gasteiger charge is -2.14. The summed E-state index contributed by atoms with van der Waals surface area (Å²) in [5.41, 5.74) is 3.03. The number of aryl methyl sites for hydroxylation is 2. The Hall–Kier alpha value is -2.43. The maximum absolute atomic E-state index is 12.4. The molecule has 0 aromatic carbocycles. The highest BCUT2D eigenvalue weighted by Crippen LogP contribution is 2.22. The molecule has 0 aliphatic carbocycles. The molecule has 6 nitrogen and oxygen atoms in total. The fourth-order valence-electron chi connectivity index (χ4n) is 3.13. The molecule has 0 bridgehead atoms. The molecule has 26 heavy (non-hydrogen) atoms. The molecule has 2 aromatic rings. The van der Waals surface area contributed by atoms with Crippen molar-refractivity contribution in [1.29, 1.82) is 5.26 Å². The highest BCUT2D eigenvalue weighted by Gasteiger charge is 2.19. The molecule has 1 saturated heterocycles. The fourth-order valence-corrected chi connectivity index (χ4v) is 3.85. The number of nitriles is 1. The van der Waals surface area contributed by atoms with Gasteiger partial charge in [0.05, 0.1) is 6.10 Å². The summed E-state index contributed by atoms with van der Waals surface area (Å²) >= 11 is 1.36. The molecule has 1 aliphatic rings. The Kier molecular flexibility index (Phi) is 5.55. The van der Waals surface area contributed by atoms with Crippen LogP contribution in [0.15, 0.2) is 28.2 Å². The van der Waals surface area contributed by atoms with Crippen molar-refractivity contribution in [3.63, 3.8) is 0 Å². The molecule has 136 valence electrons. The van der Waals surface area contributed by atoms with Crippen molar-refractivity contribution in [3.8, 4) is 6.07 Å². The van der Waals surface area contributed by atoms with Gasteiger partial charge in [-0.3, -0.25) is 4.79 Å². The average Bonchev–Trinajstić information content (AvgIpc) is 3.32. The Morgan fingerprint density at radius 3 is 2.96 bits per heavy atom. The molecule has 0 radical (unpaired) electrons. The summed E-state index contributed by atoms with van der Waals surface area (Å²) in [7, 11) is 1.82. The number of rotatable bonds is 4. The zero-order valence-corrected chi connectivity index (χ0v) is 16.0. The lowest BCUT2D eigenvalue weighted by Crippen LogP contribution is -2.16. The third-order valence-electron chi connectivity index (χ3n) is 4.63. The minimum Gasteiger partial charge on any atom is -0.376 e. The predicted molar refractivity (Wildman–Crippen MR) is 100 cm³/mol. The van der Waals surface area contributed by atoms with Gasteiger partial charge in [-0.25, -0.2) is 0 Å². The molecule has 0 N–H and O–H groups in total. The SMILES string of the molecule is Cc1cc(/C=C(/C#N)C(=O)N=c2sccn2C)c(C)n1CC1CCCO1. The van der Waals surface area contributed by atoms with E-state index in [1.165, 1.54) is 11.3 Å². The molecule has 3 heterocycles. The topological polar surface area (TPSA) is 72.3 Å². The zero-order chi connectivity index (χ0) is 18.7. The van der Waals surface area contributed by atoms with E-state index >= 15 is 0 Å². The third kappa shape index (κ3) is 3.87. The van der Waals surface area contributed by atoms with Gasteiger partial charge >= 0.3 is 0 Å². The number of hydrogen-bond donors (Lipinski definition) is 0. The van der Waals surface area contributed by atoms with Crippen molar-refractivity contribution in [2.75, 3.05) is 6.61 Å². The number of hydrogen-bond acceptors (Lipinski definition) is 4. The number of carbonyl (C=O) groups is 1. The van der Waals surface area contributed by atoms with Gasteiger partial charge in [0.15, 0.2) is 4.80 Å². The summed E-state index contributed by atoms with van der Waals surface area (Å²) in [6.45, 7) is 5.66. The Labute approximate surface area is 156 Å². The lowest BCUT2D eigenvalue weighted by molar-refractivity contribution is -0.114. The third-order valence-corrected chi connectivity index (χ3v) is 5.48. The molecular formula is C19H22N4O2S. The van der Waals surface area contributed by atoms with Gasteiger partial charge in [-0.1, -0.05) is 0 Å². The van der Waals surface area contributed by atoms with Crippen molar-refractivity contribution in [2.24, 2.45) is 12.0 Å². The first-order valence-corrected chi connectivity index (χ1v) is 9.47. The normalized spacial score (nSPS) is 18.3. The maximum atomic E-state index is 12.4. The van der Waals surface area contributed by atoms with E-state index < -0.39 is 5.91 Å². The van der Waals surface area contributed by atoms with Crippen LogP contribution in [0.1, 0.15) is 29.8 Å². The van der Waals surface area contributed by atoms with Crippen LogP contribution in [0.4, 0.5) is 0 Å². The van der Waals surface area contributed by atoms with Gasteiger partial charge in [-0.2, -0.15) is 10.3 Å². The number of ether oxygens (including phenoxy) is 1. The van der Waals surface area contributed by atoms with E-state index in [4.69, 9.17) is 4.74 Å². The quantitative estimate of drug-likeness (QED) is 0.614. The van der Waals surface area contributed by atoms with Crippen molar-refractivity contribution < 1.29 is 9.53 Å². The summed E-state index contributed by atoms with van der Waals surface area (Å²) < 4.78 is 9.67. The Morgan fingerprint density at radius 2 is 2.35 bits per heavy atom. The molecule has 1 unspecified atom stereocenters. The highest BCUT2D eigenvalue weighted by atomic mass is 32.1. The summed E-state index contributed by atoms with van der Waals surface area (Å²) in [6, 6.07) is 3.99. The van der Waals surface area contributed by atoms with Gasteiger partial charge in [0, 0.05) is 43.2 Å². The van der Waals surface area contributed by atoms with Crippen LogP contribution in [0.3, 0.4) is 0 Å². The Bertz CT molecular complexity index is 949. The van der Waals surface area contributed by atoms with Crippen molar-refractivity contribution >= 4 is 23.3 Å². The van der Waals surface area contributed by atoms with Crippen molar-refractivity contribution in [1.82, 2.24) is 9.13 Å². The minimum atomic E-state index is -0.519. The molecule has 0 saturated carbocycles. The zero-order valence-electron chi connectivity index (χ0n) is 15.2. The first-order chi connectivity index (χ1) is 12.5. The number of nitrogens with zero attached hydrogens (tertiary/aromatic N) is 4. The summed E-state index contributed by atoms with van der Waals surface area (Å²) in [5, 5.41) is 11.3. The monoisotopic (exact) mass is 370 g/mol. The Balaban J connectivity index is 1.89. The van der Waals surface area contributed by atoms with Crippen LogP contribution in [0.2, 0.25) is 0 Å². The second-order valence-electron chi connectivity index (χ2n) is 6.46. The Morgan fingerprint density at radius 1 is 1.54 bits per heavy atom. The molecule has 0 spiro atoms. The number of amides is 1. The van der Waals surface area contributed by atoms with Crippen LogP contribution in [0.5, 0.6) is 0 Å². The fraction of sp³-hybridized carbons (Fsp3) is 0.421. The summed E-state index contributed by atoms with van der Waals surface area (Å²) in [4.78, 5) is 17.0. The second kappa shape index (κ2) is 7.85. The van der Waals surface area contributed by atoms with Crippen LogP contribution in [-0.2, 0) is 23.1 Å². The predicted octanol–water partition coefficient (Wildman–Crippen LogP) is 2.72. The number of carbonyl (C=O) groups excluding carboxylic acids is 1. The van der Waals surface area contributed by atoms with Gasteiger partial charge in [-0.15, -0.1) is 11.3 Å². The molecule has 7 heteroatoms. The van der Waals surface area contributed by atoms with Crippen LogP contribution in [0, 0.1) is 25.2 Å².